The molecule has 1 aromatic carbocycles. The molecule has 0 saturated carbocycles. The van der Waals surface area contributed by atoms with Gasteiger partial charge in [-0.05, 0) is 50.9 Å². The zero-order valence-electron chi connectivity index (χ0n) is 11.5. The quantitative estimate of drug-likeness (QED) is 0.797. The van der Waals surface area contributed by atoms with Crippen molar-refractivity contribution in [3.05, 3.63) is 42.0 Å². The van der Waals surface area contributed by atoms with Crippen molar-refractivity contribution >= 4 is 5.69 Å². The lowest BCUT2D eigenvalue weighted by molar-refractivity contribution is 0.403. The highest BCUT2D eigenvalue weighted by Crippen LogP contribution is 2.21. The van der Waals surface area contributed by atoms with Crippen LogP contribution in [0.5, 0.6) is 0 Å². The van der Waals surface area contributed by atoms with E-state index in [0.29, 0.717) is 0 Å². The summed E-state index contributed by atoms with van der Waals surface area (Å²) in [4.78, 5) is 2.21. The summed E-state index contributed by atoms with van der Waals surface area (Å²) < 4.78 is 0. The summed E-state index contributed by atoms with van der Waals surface area (Å²) in [5.41, 5.74) is 2.68. The van der Waals surface area contributed by atoms with Crippen molar-refractivity contribution in [1.82, 2.24) is 4.90 Å². The van der Waals surface area contributed by atoms with Crippen LogP contribution < -0.4 is 5.32 Å². The van der Waals surface area contributed by atoms with E-state index < -0.39 is 0 Å². The second-order valence-electron chi connectivity index (χ2n) is 5.43. The standard InChI is InChI=1S/C16H24N2/c1-18(2)13-15-10-6-7-11-16(15)17-12-14-8-4-3-5-9-14/h3-4,6-7,10-11,14,17H,5,8-9,12-13H2,1-2H3. The molecule has 0 fully saturated rings. The minimum atomic E-state index is 0.794. The van der Waals surface area contributed by atoms with Crippen LogP contribution in [0, 0.1) is 5.92 Å². The van der Waals surface area contributed by atoms with E-state index >= 15 is 0 Å². The Hall–Kier alpha value is -1.28. The Bertz CT molecular complexity index is 396. The van der Waals surface area contributed by atoms with Crippen LogP contribution in [0.3, 0.4) is 0 Å². The number of hydrogen-bond acceptors (Lipinski definition) is 2. The highest BCUT2D eigenvalue weighted by atomic mass is 15.1. The molecule has 0 heterocycles. The van der Waals surface area contributed by atoms with Gasteiger partial charge in [0.2, 0.25) is 0 Å². The summed E-state index contributed by atoms with van der Waals surface area (Å²) >= 11 is 0. The summed E-state index contributed by atoms with van der Waals surface area (Å²) in [5.74, 6) is 0.794. The van der Waals surface area contributed by atoms with E-state index in [1.807, 2.05) is 0 Å². The van der Waals surface area contributed by atoms with Crippen LogP contribution in [0.15, 0.2) is 36.4 Å². The number of anilines is 1. The largest absolute Gasteiger partial charge is 0.384 e. The van der Waals surface area contributed by atoms with Gasteiger partial charge in [0.25, 0.3) is 0 Å². The normalized spacial score (nSPS) is 19.2. The average molecular weight is 244 g/mol. The Labute approximate surface area is 111 Å². The van der Waals surface area contributed by atoms with Crippen molar-refractivity contribution in [3.8, 4) is 0 Å². The summed E-state index contributed by atoms with van der Waals surface area (Å²) in [6, 6.07) is 8.64. The first-order chi connectivity index (χ1) is 8.75. The van der Waals surface area contributed by atoms with Crippen LogP contribution in [0.4, 0.5) is 5.69 Å². The number of hydrogen-bond donors (Lipinski definition) is 1. The molecule has 0 aliphatic heterocycles. The first-order valence-electron chi connectivity index (χ1n) is 6.87. The maximum atomic E-state index is 3.63. The molecule has 0 aromatic heterocycles. The van der Waals surface area contributed by atoms with Gasteiger partial charge in [-0.2, -0.15) is 0 Å². The molecule has 2 rings (SSSR count). The number of allylic oxidation sites excluding steroid dienone is 2. The topological polar surface area (TPSA) is 15.3 Å². The fourth-order valence-corrected chi connectivity index (χ4v) is 2.47. The van der Waals surface area contributed by atoms with Crippen LogP contribution in [0.2, 0.25) is 0 Å². The van der Waals surface area contributed by atoms with Crippen molar-refractivity contribution in [2.24, 2.45) is 5.92 Å². The molecular formula is C16H24N2. The first kappa shape index (κ1) is 13.2. The fourth-order valence-electron chi connectivity index (χ4n) is 2.47. The van der Waals surface area contributed by atoms with Gasteiger partial charge in [0, 0.05) is 18.8 Å². The predicted molar refractivity (Wildman–Crippen MR) is 78.8 cm³/mol. The SMILES string of the molecule is CN(C)Cc1ccccc1NCC1CC=CCC1. The first-order valence-corrected chi connectivity index (χ1v) is 6.87. The highest BCUT2D eigenvalue weighted by molar-refractivity contribution is 5.51. The van der Waals surface area contributed by atoms with Crippen molar-refractivity contribution in [1.29, 1.82) is 0 Å². The molecule has 1 aliphatic carbocycles. The summed E-state index contributed by atoms with van der Waals surface area (Å²) in [5, 5.41) is 3.63. The van der Waals surface area contributed by atoms with E-state index in [4.69, 9.17) is 0 Å². The molecule has 98 valence electrons. The monoisotopic (exact) mass is 244 g/mol. The third kappa shape index (κ3) is 3.88. The Kier molecular flexibility index (Phi) is 4.82. The van der Waals surface area contributed by atoms with Crippen LogP contribution >= 0.6 is 0 Å². The minimum Gasteiger partial charge on any atom is -0.384 e. The molecule has 1 aromatic rings. The molecule has 1 unspecified atom stereocenters. The van der Waals surface area contributed by atoms with Crippen molar-refractivity contribution in [2.75, 3.05) is 26.0 Å². The number of rotatable bonds is 5. The summed E-state index contributed by atoms with van der Waals surface area (Å²) in [6.07, 6.45) is 8.41. The smallest absolute Gasteiger partial charge is 0.0385 e. The Balaban J connectivity index is 1.93. The van der Waals surface area contributed by atoms with Crippen LogP contribution in [-0.4, -0.2) is 25.5 Å². The summed E-state index contributed by atoms with van der Waals surface area (Å²) in [7, 11) is 4.23. The Morgan fingerprint density at radius 2 is 2.06 bits per heavy atom. The van der Waals surface area contributed by atoms with Crippen LogP contribution in [0.25, 0.3) is 0 Å². The molecule has 0 bridgehead atoms. The lowest BCUT2D eigenvalue weighted by Gasteiger charge is -2.21. The van der Waals surface area contributed by atoms with Gasteiger partial charge < -0.3 is 10.2 Å². The lowest BCUT2D eigenvalue weighted by atomic mass is 9.94. The Morgan fingerprint density at radius 3 is 2.78 bits per heavy atom. The van der Waals surface area contributed by atoms with Gasteiger partial charge in [-0.1, -0.05) is 30.4 Å². The van der Waals surface area contributed by atoms with Gasteiger partial charge in [-0.15, -0.1) is 0 Å². The van der Waals surface area contributed by atoms with Gasteiger partial charge in [-0.3, -0.25) is 0 Å². The molecule has 1 N–H and O–H groups in total. The highest BCUT2D eigenvalue weighted by Gasteiger charge is 2.10. The molecule has 0 spiro atoms. The number of benzene rings is 1. The average Bonchev–Trinajstić information content (AvgIpc) is 2.38. The minimum absolute atomic E-state index is 0.794. The molecule has 1 atom stereocenters. The molecule has 2 nitrogen and oxygen atoms in total. The second-order valence-corrected chi connectivity index (χ2v) is 5.43. The predicted octanol–water partition coefficient (Wildman–Crippen LogP) is 3.52. The van der Waals surface area contributed by atoms with Crippen molar-refractivity contribution in [2.45, 2.75) is 25.8 Å². The molecular weight excluding hydrogens is 220 g/mol. The van der Waals surface area contributed by atoms with Gasteiger partial charge in [0.1, 0.15) is 0 Å². The zero-order chi connectivity index (χ0) is 12.8. The zero-order valence-corrected chi connectivity index (χ0v) is 11.5. The van der Waals surface area contributed by atoms with Crippen LogP contribution in [-0.2, 0) is 6.54 Å². The lowest BCUT2D eigenvalue weighted by Crippen LogP contribution is -2.17. The fraction of sp³-hybridized carbons (Fsp3) is 0.500. The maximum Gasteiger partial charge on any atom is 0.0385 e. The second kappa shape index (κ2) is 6.60. The van der Waals surface area contributed by atoms with Gasteiger partial charge in [0.05, 0.1) is 0 Å². The van der Waals surface area contributed by atoms with E-state index in [-0.39, 0.29) is 0 Å². The van der Waals surface area contributed by atoms with E-state index in [2.05, 4.69) is 60.7 Å². The molecule has 0 amide bonds. The molecule has 18 heavy (non-hydrogen) atoms. The molecule has 2 heteroatoms. The van der Waals surface area contributed by atoms with E-state index in [9.17, 15) is 0 Å². The number of nitrogens with zero attached hydrogens (tertiary/aromatic N) is 1. The third-order valence-corrected chi connectivity index (χ3v) is 3.46. The van der Waals surface area contributed by atoms with Gasteiger partial charge in [0.15, 0.2) is 0 Å². The molecule has 1 aliphatic rings. The number of nitrogens with one attached hydrogen (secondary N) is 1. The van der Waals surface area contributed by atoms with Gasteiger partial charge in [-0.25, -0.2) is 0 Å². The van der Waals surface area contributed by atoms with Crippen LogP contribution in [0.1, 0.15) is 24.8 Å². The van der Waals surface area contributed by atoms with E-state index in [0.717, 1.165) is 19.0 Å². The van der Waals surface area contributed by atoms with E-state index in [1.54, 1.807) is 0 Å². The van der Waals surface area contributed by atoms with Crippen molar-refractivity contribution in [3.63, 3.8) is 0 Å². The van der Waals surface area contributed by atoms with Crippen molar-refractivity contribution < 1.29 is 0 Å². The summed E-state index contributed by atoms with van der Waals surface area (Å²) in [6.45, 7) is 2.09. The Morgan fingerprint density at radius 1 is 1.22 bits per heavy atom. The molecule has 0 radical (unpaired) electrons. The number of para-hydroxylation sites is 1. The van der Waals surface area contributed by atoms with E-state index in [1.165, 1.54) is 30.5 Å². The van der Waals surface area contributed by atoms with Gasteiger partial charge >= 0.3 is 0 Å². The maximum absolute atomic E-state index is 3.63. The third-order valence-electron chi connectivity index (χ3n) is 3.46. The molecule has 0 saturated heterocycles.